The van der Waals surface area contributed by atoms with E-state index in [-0.39, 0.29) is 0 Å². The van der Waals surface area contributed by atoms with Crippen molar-refractivity contribution in [2.24, 2.45) is 0 Å². The van der Waals surface area contributed by atoms with Crippen LogP contribution in [-0.4, -0.2) is 30.8 Å². The number of hydrogen-bond donors (Lipinski definition) is 1. The number of aliphatic carboxylic acids is 1. The molecule has 120 valence electrons. The Morgan fingerprint density at radius 3 is 1.17 bits per heavy atom. The van der Waals surface area contributed by atoms with Crippen LogP contribution < -0.4 is 10.7 Å². The number of carboxylic acid groups (broad SMARTS) is 1. The summed E-state index contributed by atoms with van der Waals surface area (Å²) in [5.74, 6) is -0.981. The number of hydrogen-bond acceptors (Lipinski definition) is 1. The maximum absolute atomic E-state index is 9.25. The van der Waals surface area contributed by atoms with Gasteiger partial charge in [0.25, 0.3) is 0 Å². The average molecular weight is 423 g/mol. The van der Waals surface area contributed by atoms with E-state index < -0.39 is 25.7 Å². The van der Waals surface area contributed by atoms with E-state index in [4.69, 9.17) is 5.11 Å². The zero-order valence-corrected chi connectivity index (χ0v) is 16.7. The van der Waals surface area contributed by atoms with Gasteiger partial charge in [-0.2, -0.15) is 0 Å². The van der Waals surface area contributed by atoms with Gasteiger partial charge in [-0.05, 0) is 0 Å². The molecule has 0 aliphatic carbocycles. The van der Waals surface area contributed by atoms with Gasteiger partial charge in [-0.15, -0.1) is 0 Å². The van der Waals surface area contributed by atoms with Gasteiger partial charge in [0.1, 0.15) is 0 Å². The second-order valence-corrected chi connectivity index (χ2v) is 13.4. The van der Waals surface area contributed by atoms with E-state index in [1.54, 1.807) is 10.7 Å². The van der Waals surface area contributed by atoms with Gasteiger partial charge < -0.3 is 5.11 Å². The van der Waals surface area contributed by atoms with Crippen molar-refractivity contribution in [1.82, 2.24) is 0 Å². The third kappa shape index (κ3) is 5.39. The Morgan fingerprint density at radius 2 is 0.958 bits per heavy atom. The van der Waals surface area contributed by atoms with Crippen molar-refractivity contribution < 1.29 is 9.90 Å². The van der Waals surface area contributed by atoms with Crippen molar-refractivity contribution >= 4 is 36.5 Å². The summed E-state index contributed by atoms with van der Waals surface area (Å²) in [4.78, 5) is 9.25. The Bertz CT molecular complexity index is 662. The predicted octanol–water partition coefficient (Wildman–Crippen LogP) is 2.19. The van der Waals surface area contributed by atoms with Gasteiger partial charge in [-0.1, -0.05) is 6.58 Å². The van der Waals surface area contributed by atoms with Crippen LogP contribution in [0.2, 0.25) is 0 Å². The number of carboxylic acids is 1. The first-order valence-electron chi connectivity index (χ1n) is 7.72. The zero-order chi connectivity index (χ0) is 17.2. The Kier molecular flexibility index (Phi) is 7.30. The third-order valence-corrected chi connectivity index (χ3v) is 12.6. The molecule has 1 N–H and O–H groups in total. The first-order chi connectivity index (χ1) is 11.7. The predicted molar refractivity (Wildman–Crippen MR) is 103 cm³/mol. The van der Waals surface area contributed by atoms with Crippen LogP contribution in [0.15, 0.2) is 104 Å². The molecule has 0 aromatic heterocycles. The van der Waals surface area contributed by atoms with Crippen molar-refractivity contribution in [2.75, 3.05) is 0 Å². The van der Waals surface area contributed by atoms with Crippen LogP contribution in [-0.2, 0) is 4.79 Å². The van der Waals surface area contributed by atoms with Crippen molar-refractivity contribution in [3.8, 4) is 0 Å². The topological polar surface area (TPSA) is 37.3 Å². The van der Waals surface area contributed by atoms with Crippen molar-refractivity contribution in [2.45, 2.75) is 0 Å². The van der Waals surface area contributed by atoms with Crippen LogP contribution >= 0.6 is 0 Å². The molecule has 0 aliphatic heterocycles. The Hall–Kier alpha value is -2.33. The van der Waals surface area contributed by atoms with E-state index in [1.165, 1.54) is 0 Å². The third-order valence-electron chi connectivity index (χ3n) is 3.57. The van der Waals surface area contributed by atoms with Gasteiger partial charge >= 0.3 is 127 Å². The van der Waals surface area contributed by atoms with Gasteiger partial charge in [0, 0.05) is 6.08 Å². The Balaban J connectivity index is 0.000000368. The van der Waals surface area contributed by atoms with Crippen LogP contribution in [0, 0.1) is 0 Å². The summed E-state index contributed by atoms with van der Waals surface area (Å²) in [7, 11) is 0. The molecular weight excluding hydrogens is 403 g/mol. The molecule has 3 aromatic carbocycles. The SMILES string of the molecule is C=CC(=O)O.c1cc[c]([SnH]([c]2ccccc2)[c]2ccccc2)cc1. The van der Waals surface area contributed by atoms with E-state index >= 15 is 0 Å². The Morgan fingerprint density at radius 1 is 0.708 bits per heavy atom. The average Bonchev–Trinajstić information content (AvgIpc) is 2.65. The summed E-state index contributed by atoms with van der Waals surface area (Å²) in [6.45, 7) is 2.96. The normalized spacial score (nSPS) is 9.71. The van der Waals surface area contributed by atoms with Crippen molar-refractivity contribution in [3.05, 3.63) is 104 Å². The first kappa shape index (κ1) is 18.0. The summed E-state index contributed by atoms with van der Waals surface area (Å²) < 4.78 is 4.63. The fourth-order valence-electron chi connectivity index (χ4n) is 2.51. The molecule has 0 bridgehead atoms. The minimum absolute atomic E-state index is 0.833. The van der Waals surface area contributed by atoms with Gasteiger partial charge in [0.2, 0.25) is 0 Å². The molecular formula is C21H20O2Sn. The molecule has 0 unspecified atom stereocenters. The van der Waals surface area contributed by atoms with Gasteiger partial charge in [-0.3, -0.25) is 0 Å². The van der Waals surface area contributed by atoms with E-state index in [0.29, 0.717) is 0 Å². The van der Waals surface area contributed by atoms with Crippen LogP contribution in [0.25, 0.3) is 0 Å². The van der Waals surface area contributed by atoms with Gasteiger partial charge in [0.15, 0.2) is 0 Å². The summed E-state index contributed by atoms with van der Waals surface area (Å²) in [6.07, 6.45) is 0.833. The minimum atomic E-state index is -2.14. The summed E-state index contributed by atoms with van der Waals surface area (Å²) in [5.41, 5.74) is 0. The number of carbonyl (C=O) groups is 1. The standard InChI is InChI=1S/3C6H5.C3H4O2.Sn.H/c3*1-2-4-6-5-3-1;1-2-3(4)5;;/h3*1-5H;2H,1H2,(H,4,5);;. The fraction of sp³-hybridized carbons (Fsp3) is 0. The molecule has 3 rings (SSSR count). The van der Waals surface area contributed by atoms with Gasteiger partial charge in [0.05, 0.1) is 0 Å². The van der Waals surface area contributed by atoms with Crippen molar-refractivity contribution in [1.29, 1.82) is 0 Å². The molecule has 0 saturated heterocycles. The molecule has 0 fully saturated rings. The van der Waals surface area contributed by atoms with E-state index in [9.17, 15) is 4.79 Å². The quantitative estimate of drug-likeness (QED) is 0.517. The second-order valence-electron chi connectivity index (χ2n) is 5.21. The van der Waals surface area contributed by atoms with E-state index in [1.807, 2.05) is 0 Å². The fourth-order valence-corrected chi connectivity index (χ4v) is 11.0. The molecule has 0 amide bonds. The van der Waals surface area contributed by atoms with Gasteiger partial charge in [-0.25, -0.2) is 4.79 Å². The first-order valence-corrected chi connectivity index (χ1v) is 12.7. The Labute approximate surface area is 149 Å². The van der Waals surface area contributed by atoms with Crippen LogP contribution in [0.3, 0.4) is 0 Å². The zero-order valence-electron chi connectivity index (χ0n) is 13.4. The van der Waals surface area contributed by atoms with Crippen LogP contribution in [0.4, 0.5) is 0 Å². The molecule has 0 spiro atoms. The van der Waals surface area contributed by atoms with Crippen LogP contribution in [0.1, 0.15) is 0 Å². The maximum atomic E-state index is 9.25. The second kappa shape index (κ2) is 9.73. The molecule has 3 heteroatoms. The monoisotopic (exact) mass is 424 g/mol. The summed E-state index contributed by atoms with van der Waals surface area (Å²) >= 11 is -2.14. The molecule has 0 radical (unpaired) electrons. The molecule has 0 atom stereocenters. The molecule has 0 heterocycles. The molecule has 0 aliphatic rings. The molecule has 24 heavy (non-hydrogen) atoms. The number of rotatable bonds is 4. The molecule has 0 saturated carbocycles. The van der Waals surface area contributed by atoms with E-state index in [2.05, 4.69) is 97.6 Å². The summed E-state index contributed by atoms with van der Waals surface area (Å²) in [6, 6.07) is 33.0. The van der Waals surface area contributed by atoms with Crippen LogP contribution in [0.5, 0.6) is 0 Å². The molecule has 3 aromatic rings. The van der Waals surface area contributed by atoms with Crippen molar-refractivity contribution in [3.63, 3.8) is 0 Å². The summed E-state index contributed by atoms with van der Waals surface area (Å²) in [5, 5.41) is 7.60. The number of benzene rings is 3. The van der Waals surface area contributed by atoms with E-state index in [0.717, 1.165) is 6.08 Å². The molecule has 2 nitrogen and oxygen atoms in total.